The van der Waals surface area contributed by atoms with Gasteiger partial charge in [-0.25, -0.2) is 0 Å². The van der Waals surface area contributed by atoms with Gasteiger partial charge in [-0.3, -0.25) is 9.89 Å². The van der Waals surface area contributed by atoms with Gasteiger partial charge < -0.3 is 10.2 Å². The largest absolute Gasteiger partial charge is 0.378 e. The van der Waals surface area contributed by atoms with Crippen molar-refractivity contribution in [2.75, 3.05) is 24.3 Å². The summed E-state index contributed by atoms with van der Waals surface area (Å²) in [5, 5.41) is 11.0. The first-order valence-corrected chi connectivity index (χ1v) is 9.12. The van der Waals surface area contributed by atoms with Gasteiger partial charge >= 0.3 is 0 Å². The van der Waals surface area contributed by atoms with Gasteiger partial charge in [0.1, 0.15) is 0 Å². The molecule has 0 amide bonds. The predicted molar refractivity (Wildman–Crippen MR) is 105 cm³/mol. The molecule has 0 saturated carbocycles. The molecule has 0 bridgehead atoms. The van der Waals surface area contributed by atoms with Gasteiger partial charge in [-0.2, -0.15) is 5.10 Å². The Morgan fingerprint density at radius 1 is 1.15 bits per heavy atom. The Labute approximate surface area is 154 Å². The van der Waals surface area contributed by atoms with Crippen LogP contribution in [0.15, 0.2) is 29.8 Å². The van der Waals surface area contributed by atoms with Crippen LogP contribution in [0.3, 0.4) is 0 Å². The number of hydrogen-bond donors (Lipinski definition) is 2. The third kappa shape index (κ3) is 2.62. The van der Waals surface area contributed by atoms with E-state index in [1.807, 2.05) is 21.0 Å². The molecular weight excluding hydrogens is 324 g/mol. The van der Waals surface area contributed by atoms with Gasteiger partial charge in [-0.15, -0.1) is 0 Å². The Bertz CT molecular complexity index is 903. The highest BCUT2D eigenvalue weighted by molar-refractivity contribution is 6.08. The van der Waals surface area contributed by atoms with Crippen LogP contribution in [0.5, 0.6) is 0 Å². The summed E-state index contributed by atoms with van der Waals surface area (Å²) in [5.41, 5.74) is 6.41. The number of Topliss-reactive ketones (excluding diaryl/α,β-unsaturated/α-hetero) is 1. The second-order valence-corrected chi connectivity index (χ2v) is 8.47. The van der Waals surface area contributed by atoms with E-state index in [0.717, 1.165) is 45.9 Å². The number of nitrogens with zero attached hydrogens (tertiary/aromatic N) is 2. The number of ketones is 1. The van der Waals surface area contributed by atoms with Crippen LogP contribution in [0, 0.1) is 12.3 Å². The smallest absolute Gasteiger partial charge is 0.162 e. The Hall–Kier alpha value is -2.56. The van der Waals surface area contributed by atoms with Gasteiger partial charge in [0, 0.05) is 43.0 Å². The quantitative estimate of drug-likeness (QED) is 0.856. The summed E-state index contributed by atoms with van der Waals surface area (Å²) in [6.45, 7) is 6.37. The average molecular weight is 350 g/mol. The van der Waals surface area contributed by atoms with Crippen molar-refractivity contribution >= 4 is 22.9 Å². The van der Waals surface area contributed by atoms with Crippen LogP contribution in [0.25, 0.3) is 5.57 Å². The number of hydrogen-bond acceptors (Lipinski definition) is 4. The van der Waals surface area contributed by atoms with Crippen molar-refractivity contribution in [3.63, 3.8) is 0 Å². The van der Waals surface area contributed by atoms with E-state index in [1.54, 1.807) is 0 Å². The maximum absolute atomic E-state index is 13.1. The lowest BCUT2D eigenvalue weighted by atomic mass is 9.68. The fourth-order valence-corrected chi connectivity index (χ4v) is 4.22. The number of H-pyrrole nitrogens is 1. The molecule has 5 nitrogen and oxygen atoms in total. The summed E-state index contributed by atoms with van der Waals surface area (Å²) in [6.07, 6.45) is 1.49. The fourth-order valence-electron chi connectivity index (χ4n) is 4.22. The molecule has 2 heterocycles. The molecule has 2 aromatic rings. The van der Waals surface area contributed by atoms with E-state index >= 15 is 0 Å². The van der Waals surface area contributed by atoms with E-state index in [-0.39, 0.29) is 17.2 Å². The van der Waals surface area contributed by atoms with Crippen LogP contribution in [0.1, 0.15) is 49.6 Å². The highest BCUT2D eigenvalue weighted by Gasteiger charge is 2.41. The highest BCUT2D eigenvalue weighted by atomic mass is 16.1. The highest BCUT2D eigenvalue weighted by Crippen LogP contribution is 2.50. The molecule has 0 spiro atoms. The standard InChI is InChI=1S/C21H26N4O/c1-12-17-15-10-21(2,3)11-16(26)18(15)19(22-20(17)24-23-12)13-6-8-14(9-7-13)25(4)5/h6-9,19H,10-11H2,1-5H3,(H2,22,23,24)/t19-/m1/s1. The van der Waals surface area contributed by atoms with Gasteiger partial charge in [0.05, 0.1) is 6.04 Å². The maximum atomic E-state index is 13.1. The van der Waals surface area contributed by atoms with Crippen LogP contribution < -0.4 is 10.2 Å². The summed E-state index contributed by atoms with van der Waals surface area (Å²) < 4.78 is 0. The number of anilines is 2. The maximum Gasteiger partial charge on any atom is 0.162 e. The molecule has 136 valence electrons. The number of benzene rings is 1. The lowest BCUT2D eigenvalue weighted by molar-refractivity contribution is -0.118. The van der Waals surface area contributed by atoms with Crippen molar-refractivity contribution < 1.29 is 4.79 Å². The molecular formula is C21H26N4O. The van der Waals surface area contributed by atoms with E-state index in [1.165, 1.54) is 0 Å². The second-order valence-electron chi connectivity index (χ2n) is 8.47. The number of rotatable bonds is 2. The van der Waals surface area contributed by atoms with E-state index in [4.69, 9.17) is 0 Å². The topological polar surface area (TPSA) is 61.0 Å². The molecule has 0 fully saturated rings. The Balaban J connectivity index is 1.85. The van der Waals surface area contributed by atoms with E-state index < -0.39 is 0 Å². The SMILES string of the molecule is Cc1[nH]nc2c1C1=C(C(=O)CC(C)(C)C1)[C@@H](c1ccc(N(C)C)cc1)N2. The van der Waals surface area contributed by atoms with Crippen LogP contribution in [0.2, 0.25) is 0 Å². The zero-order valence-electron chi connectivity index (χ0n) is 16.1. The Kier molecular flexibility index (Phi) is 3.72. The van der Waals surface area contributed by atoms with Gasteiger partial charge in [0.2, 0.25) is 0 Å². The number of fused-ring (bicyclic) bond motifs is 2. The van der Waals surface area contributed by atoms with Crippen LogP contribution in [-0.4, -0.2) is 30.1 Å². The number of nitrogens with one attached hydrogen (secondary N) is 2. The van der Waals surface area contributed by atoms with E-state index in [0.29, 0.717) is 6.42 Å². The summed E-state index contributed by atoms with van der Waals surface area (Å²) in [7, 11) is 4.06. The Morgan fingerprint density at radius 3 is 2.50 bits per heavy atom. The van der Waals surface area contributed by atoms with Crippen molar-refractivity contribution in [1.82, 2.24) is 10.2 Å². The summed E-state index contributed by atoms with van der Waals surface area (Å²) in [6, 6.07) is 8.27. The molecule has 0 unspecified atom stereocenters. The van der Waals surface area contributed by atoms with Gasteiger partial charge in [0.15, 0.2) is 11.6 Å². The minimum atomic E-state index is -0.139. The summed E-state index contributed by atoms with van der Waals surface area (Å²) in [4.78, 5) is 15.2. The van der Waals surface area contributed by atoms with Crippen molar-refractivity contribution in [2.45, 2.75) is 39.7 Å². The molecule has 1 aromatic carbocycles. The third-order valence-corrected chi connectivity index (χ3v) is 5.48. The molecule has 5 heteroatoms. The lowest BCUT2D eigenvalue weighted by Crippen LogP contribution is -2.33. The number of aryl methyl sites for hydroxylation is 1. The molecule has 1 aliphatic heterocycles. The van der Waals surface area contributed by atoms with Crippen molar-refractivity contribution in [3.8, 4) is 0 Å². The molecule has 2 N–H and O–H groups in total. The molecule has 4 rings (SSSR count). The van der Waals surface area contributed by atoms with Gasteiger partial charge in [0.25, 0.3) is 0 Å². The van der Waals surface area contributed by atoms with Gasteiger partial charge in [-0.05, 0) is 42.0 Å². The van der Waals surface area contributed by atoms with Crippen molar-refractivity contribution in [2.24, 2.45) is 5.41 Å². The first kappa shape index (κ1) is 16.9. The van der Waals surface area contributed by atoms with Crippen molar-refractivity contribution in [1.29, 1.82) is 0 Å². The predicted octanol–water partition coefficient (Wildman–Crippen LogP) is 4.09. The summed E-state index contributed by atoms with van der Waals surface area (Å²) in [5.74, 6) is 1.10. The molecule has 0 saturated heterocycles. The Morgan fingerprint density at radius 2 is 1.85 bits per heavy atom. The van der Waals surface area contributed by atoms with E-state index in [9.17, 15) is 4.79 Å². The fraction of sp³-hybridized carbons (Fsp3) is 0.429. The van der Waals surface area contributed by atoms with Gasteiger partial charge in [-0.1, -0.05) is 26.0 Å². The normalized spacial score (nSPS) is 21.1. The first-order valence-electron chi connectivity index (χ1n) is 9.12. The molecule has 0 radical (unpaired) electrons. The number of carbonyl (C=O) groups is 1. The average Bonchev–Trinajstić information content (AvgIpc) is 2.94. The van der Waals surface area contributed by atoms with Crippen LogP contribution in [-0.2, 0) is 4.79 Å². The summed E-state index contributed by atoms with van der Waals surface area (Å²) >= 11 is 0. The number of aromatic amines is 1. The van der Waals surface area contributed by atoms with E-state index in [2.05, 4.69) is 58.5 Å². The monoisotopic (exact) mass is 350 g/mol. The first-order chi connectivity index (χ1) is 12.3. The number of allylic oxidation sites excluding steroid dienone is 1. The second kappa shape index (κ2) is 5.73. The van der Waals surface area contributed by atoms with Crippen molar-refractivity contribution in [3.05, 3.63) is 46.7 Å². The molecule has 1 atom stereocenters. The number of aromatic nitrogens is 2. The molecule has 1 aromatic heterocycles. The van der Waals surface area contributed by atoms with Crippen LogP contribution >= 0.6 is 0 Å². The number of carbonyl (C=O) groups excluding carboxylic acids is 1. The zero-order chi connectivity index (χ0) is 18.6. The van der Waals surface area contributed by atoms with Crippen LogP contribution in [0.4, 0.5) is 11.5 Å². The minimum absolute atomic E-state index is 0.0203. The third-order valence-electron chi connectivity index (χ3n) is 5.48. The zero-order valence-corrected chi connectivity index (χ0v) is 16.1. The molecule has 26 heavy (non-hydrogen) atoms. The molecule has 2 aliphatic rings. The minimum Gasteiger partial charge on any atom is -0.378 e. The lowest BCUT2D eigenvalue weighted by Gasteiger charge is -2.38. The molecule has 1 aliphatic carbocycles.